The largest absolute Gasteiger partial charge is 0.496 e. The van der Waals surface area contributed by atoms with Crippen molar-refractivity contribution in [1.82, 2.24) is 0 Å². The molecule has 4 N–H and O–H groups in total. The molecule has 0 heterocycles. The Hall–Kier alpha value is -0.770. The number of ether oxygens (including phenoxy) is 1. The molecule has 0 radical (unpaired) electrons. The fourth-order valence-corrected chi connectivity index (χ4v) is 2.02. The Kier molecular flexibility index (Phi) is 4.59. The SMILES string of the molecule is COc1c(C)cc(Cl)cc1C(N)C(C)CN. The third-order valence-electron chi connectivity index (χ3n) is 2.82. The highest BCUT2D eigenvalue weighted by atomic mass is 35.5. The number of hydrogen-bond donors (Lipinski definition) is 2. The van der Waals surface area contributed by atoms with Crippen LogP contribution in [0, 0.1) is 12.8 Å². The van der Waals surface area contributed by atoms with E-state index in [2.05, 4.69) is 0 Å². The summed E-state index contributed by atoms with van der Waals surface area (Å²) in [6.07, 6.45) is 0. The van der Waals surface area contributed by atoms with E-state index < -0.39 is 0 Å². The van der Waals surface area contributed by atoms with Crippen molar-refractivity contribution in [3.63, 3.8) is 0 Å². The second-order valence-corrected chi connectivity index (χ2v) is 4.52. The molecule has 4 heteroatoms. The summed E-state index contributed by atoms with van der Waals surface area (Å²) in [6.45, 7) is 4.50. The molecule has 1 rings (SSSR count). The minimum absolute atomic E-state index is 0.155. The van der Waals surface area contributed by atoms with Crippen LogP contribution in [0.25, 0.3) is 0 Å². The lowest BCUT2D eigenvalue weighted by Crippen LogP contribution is -2.26. The van der Waals surface area contributed by atoms with Gasteiger partial charge in [-0.2, -0.15) is 0 Å². The molecular formula is C12H19ClN2O. The Bertz CT molecular complexity index is 368. The fraction of sp³-hybridized carbons (Fsp3) is 0.500. The van der Waals surface area contributed by atoms with Crippen LogP contribution in [0.15, 0.2) is 12.1 Å². The number of benzene rings is 1. The van der Waals surface area contributed by atoms with Crippen LogP contribution in [0.1, 0.15) is 24.1 Å². The third-order valence-corrected chi connectivity index (χ3v) is 3.03. The summed E-state index contributed by atoms with van der Waals surface area (Å²) in [5, 5.41) is 0.674. The summed E-state index contributed by atoms with van der Waals surface area (Å²) in [4.78, 5) is 0. The predicted octanol–water partition coefficient (Wildman–Crippen LogP) is 2.25. The molecule has 90 valence electrons. The van der Waals surface area contributed by atoms with E-state index in [-0.39, 0.29) is 12.0 Å². The number of nitrogens with two attached hydrogens (primary N) is 2. The van der Waals surface area contributed by atoms with E-state index in [0.717, 1.165) is 16.9 Å². The molecule has 0 saturated heterocycles. The number of hydrogen-bond acceptors (Lipinski definition) is 3. The molecule has 0 saturated carbocycles. The van der Waals surface area contributed by atoms with Crippen LogP contribution < -0.4 is 16.2 Å². The molecule has 0 amide bonds. The standard InChI is InChI=1S/C12H19ClN2O/c1-7-4-9(13)5-10(12(7)16-3)11(15)8(2)6-14/h4-5,8,11H,6,14-15H2,1-3H3. The number of halogens is 1. The summed E-state index contributed by atoms with van der Waals surface area (Å²) in [6, 6.07) is 3.56. The molecule has 0 spiro atoms. The quantitative estimate of drug-likeness (QED) is 0.852. The first kappa shape index (κ1) is 13.3. The first-order valence-corrected chi connectivity index (χ1v) is 5.68. The maximum atomic E-state index is 6.14. The van der Waals surface area contributed by atoms with Gasteiger partial charge in [0.25, 0.3) is 0 Å². The minimum Gasteiger partial charge on any atom is -0.496 e. The van der Waals surface area contributed by atoms with Gasteiger partial charge in [-0.1, -0.05) is 18.5 Å². The Morgan fingerprint density at radius 3 is 2.56 bits per heavy atom. The van der Waals surface area contributed by atoms with Gasteiger partial charge < -0.3 is 16.2 Å². The smallest absolute Gasteiger partial charge is 0.126 e. The van der Waals surface area contributed by atoms with Crippen molar-refractivity contribution in [3.05, 3.63) is 28.3 Å². The third kappa shape index (κ3) is 2.67. The van der Waals surface area contributed by atoms with Crippen molar-refractivity contribution in [1.29, 1.82) is 0 Å². The van der Waals surface area contributed by atoms with Gasteiger partial charge in [0.15, 0.2) is 0 Å². The molecule has 1 aromatic rings. The average molecular weight is 243 g/mol. The molecule has 3 nitrogen and oxygen atoms in total. The molecule has 0 aliphatic rings. The zero-order valence-corrected chi connectivity index (χ0v) is 10.7. The Morgan fingerprint density at radius 1 is 1.44 bits per heavy atom. The molecule has 16 heavy (non-hydrogen) atoms. The molecule has 0 aliphatic carbocycles. The zero-order chi connectivity index (χ0) is 12.3. The average Bonchev–Trinajstić information content (AvgIpc) is 2.26. The van der Waals surface area contributed by atoms with Crippen LogP contribution in [-0.4, -0.2) is 13.7 Å². The Labute approximate surface area is 102 Å². The molecule has 2 atom stereocenters. The second kappa shape index (κ2) is 5.53. The van der Waals surface area contributed by atoms with E-state index in [1.807, 2.05) is 26.0 Å². The molecule has 0 aliphatic heterocycles. The lowest BCUT2D eigenvalue weighted by molar-refractivity contribution is 0.390. The van der Waals surface area contributed by atoms with E-state index >= 15 is 0 Å². The van der Waals surface area contributed by atoms with Crippen molar-refractivity contribution in [2.24, 2.45) is 17.4 Å². The first-order chi connectivity index (χ1) is 7.51. The Balaban J connectivity index is 3.20. The lowest BCUT2D eigenvalue weighted by atomic mass is 9.93. The van der Waals surface area contributed by atoms with Crippen LogP contribution in [0.3, 0.4) is 0 Å². The first-order valence-electron chi connectivity index (χ1n) is 5.31. The van der Waals surface area contributed by atoms with Crippen LogP contribution >= 0.6 is 11.6 Å². The summed E-state index contributed by atoms with van der Waals surface area (Å²) >= 11 is 6.03. The van der Waals surface area contributed by atoms with Crippen LogP contribution in [-0.2, 0) is 0 Å². The van der Waals surface area contributed by atoms with Gasteiger partial charge in [0, 0.05) is 16.6 Å². The topological polar surface area (TPSA) is 61.3 Å². The maximum Gasteiger partial charge on any atom is 0.126 e. The van der Waals surface area contributed by atoms with E-state index in [0.29, 0.717) is 11.6 Å². The number of rotatable bonds is 4. The molecule has 2 unspecified atom stereocenters. The predicted molar refractivity (Wildman–Crippen MR) is 67.9 cm³/mol. The lowest BCUT2D eigenvalue weighted by Gasteiger charge is -2.22. The molecule has 0 fully saturated rings. The van der Waals surface area contributed by atoms with Crippen molar-refractivity contribution < 1.29 is 4.74 Å². The number of methoxy groups -OCH3 is 1. The van der Waals surface area contributed by atoms with E-state index in [4.69, 9.17) is 27.8 Å². The second-order valence-electron chi connectivity index (χ2n) is 4.08. The highest BCUT2D eigenvalue weighted by molar-refractivity contribution is 6.30. The summed E-state index contributed by atoms with van der Waals surface area (Å²) in [5.74, 6) is 0.990. The highest BCUT2D eigenvalue weighted by Gasteiger charge is 2.19. The van der Waals surface area contributed by atoms with Crippen LogP contribution in [0.4, 0.5) is 0 Å². The van der Waals surface area contributed by atoms with Crippen molar-refractivity contribution in [2.45, 2.75) is 19.9 Å². The monoisotopic (exact) mass is 242 g/mol. The molecule has 1 aromatic carbocycles. The highest BCUT2D eigenvalue weighted by Crippen LogP contribution is 2.33. The van der Waals surface area contributed by atoms with Gasteiger partial charge in [0.1, 0.15) is 5.75 Å². The van der Waals surface area contributed by atoms with Gasteiger partial charge in [-0.25, -0.2) is 0 Å². The normalized spacial score (nSPS) is 14.6. The fourth-order valence-electron chi connectivity index (χ4n) is 1.74. The van der Waals surface area contributed by atoms with E-state index in [1.165, 1.54) is 0 Å². The summed E-state index contributed by atoms with van der Waals surface area (Å²) in [7, 11) is 1.64. The van der Waals surface area contributed by atoms with Crippen LogP contribution in [0.5, 0.6) is 5.75 Å². The van der Waals surface area contributed by atoms with Crippen molar-refractivity contribution in [2.75, 3.05) is 13.7 Å². The summed E-state index contributed by atoms with van der Waals surface area (Å²) in [5.41, 5.74) is 13.7. The van der Waals surface area contributed by atoms with Gasteiger partial charge in [-0.3, -0.25) is 0 Å². The van der Waals surface area contributed by atoms with Gasteiger partial charge in [0.2, 0.25) is 0 Å². The minimum atomic E-state index is -0.155. The molecule has 0 aromatic heterocycles. The van der Waals surface area contributed by atoms with Gasteiger partial charge >= 0.3 is 0 Å². The van der Waals surface area contributed by atoms with E-state index in [1.54, 1.807) is 7.11 Å². The summed E-state index contributed by atoms with van der Waals surface area (Å²) < 4.78 is 5.37. The maximum absolute atomic E-state index is 6.14. The van der Waals surface area contributed by atoms with Crippen LogP contribution in [0.2, 0.25) is 5.02 Å². The van der Waals surface area contributed by atoms with Crippen molar-refractivity contribution in [3.8, 4) is 5.75 Å². The van der Waals surface area contributed by atoms with E-state index in [9.17, 15) is 0 Å². The van der Waals surface area contributed by atoms with Gasteiger partial charge in [0.05, 0.1) is 7.11 Å². The molecule has 0 bridgehead atoms. The van der Waals surface area contributed by atoms with Gasteiger partial charge in [-0.05, 0) is 37.1 Å². The zero-order valence-electron chi connectivity index (χ0n) is 9.96. The van der Waals surface area contributed by atoms with Gasteiger partial charge in [-0.15, -0.1) is 0 Å². The number of aryl methyl sites for hydroxylation is 1. The Morgan fingerprint density at radius 2 is 2.06 bits per heavy atom. The molecular weight excluding hydrogens is 224 g/mol. The van der Waals surface area contributed by atoms with Crippen molar-refractivity contribution >= 4 is 11.6 Å².